The molecule has 3 heteroatoms. The van der Waals surface area contributed by atoms with Gasteiger partial charge in [-0.1, -0.05) is 0 Å². The number of rotatable bonds is 2. The first kappa shape index (κ1) is 32.3. The molecule has 0 aliphatic carbocycles. The standard InChI is InChI=1S/C50H44GeN2/c1-49(2,3)33-24-27-38-39-28-25-34(50(4,5)6)31-43(39)51(42(38)30-33)41-19-11-10-18-37(41)40-29-26-36(32-44(40)51)53-47-22-14-12-20-45(47)52(35-16-8-7-9-17-35)46-21-13-15-23-48(46)53/h7-32H,1-6H3. The normalized spacial score (nSPS) is 14.7. The van der Waals surface area contributed by atoms with Gasteiger partial charge >= 0.3 is 318 Å². The first-order valence-electron chi connectivity index (χ1n) is 18.9. The van der Waals surface area contributed by atoms with Gasteiger partial charge in [-0.3, -0.25) is 0 Å². The maximum absolute atomic E-state index is 3.56. The fourth-order valence-electron chi connectivity index (χ4n) is 9.32. The van der Waals surface area contributed by atoms with Crippen LogP contribution in [0.4, 0.5) is 34.1 Å². The van der Waals surface area contributed by atoms with Crippen LogP contribution in [0.2, 0.25) is 0 Å². The van der Waals surface area contributed by atoms with Gasteiger partial charge in [0.25, 0.3) is 0 Å². The van der Waals surface area contributed by atoms with E-state index in [0.29, 0.717) is 0 Å². The molecule has 1 spiro atoms. The molecule has 7 aromatic rings. The van der Waals surface area contributed by atoms with Crippen LogP contribution in [0.5, 0.6) is 0 Å². The van der Waals surface area contributed by atoms with Gasteiger partial charge in [0, 0.05) is 0 Å². The molecule has 10 rings (SSSR count). The van der Waals surface area contributed by atoms with Crippen LogP contribution in [0.15, 0.2) is 158 Å². The minimum atomic E-state index is -3.56. The summed E-state index contributed by atoms with van der Waals surface area (Å²) in [5.74, 6) is 0. The Labute approximate surface area is 316 Å². The molecule has 0 N–H and O–H groups in total. The van der Waals surface area contributed by atoms with E-state index in [0.717, 1.165) is 5.69 Å². The SMILES string of the molecule is CC(C)(C)c1ccc2[c](c1)[Ge]1([c]3ccccc3-c3ccc(N4c5ccccc5N(c5ccccc5)c5ccccc54)c[c]31)[c]1cc(C(C)(C)C)ccc1-2. The number of nitrogens with zero attached hydrogens (tertiary/aromatic N) is 2. The zero-order chi connectivity index (χ0) is 36.3. The van der Waals surface area contributed by atoms with Crippen molar-refractivity contribution in [1.29, 1.82) is 0 Å². The molecular weight excluding hydrogens is 701 g/mol. The van der Waals surface area contributed by atoms with Crippen molar-refractivity contribution in [2.45, 2.75) is 52.4 Å². The van der Waals surface area contributed by atoms with Crippen molar-refractivity contribution in [2.24, 2.45) is 0 Å². The van der Waals surface area contributed by atoms with Crippen LogP contribution in [0.1, 0.15) is 52.7 Å². The number of hydrogen-bond acceptors (Lipinski definition) is 2. The molecule has 0 fully saturated rings. The second-order valence-electron chi connectivity index (χ2n) is 17.0. The molecule has 3 aliphatic rings. The summed E-state index contributed by atoms with van der Waals surface area (Å²) < 4.78 is 6.26. The molecule has 0 saturated carbocycles. The Bertz CT molecular complexity index is 2490. The summed E-state index contributed by atoms with van der Waals surface area (Å²) in [6.45, 7) is 14.1. The molecule has 258 valence electrons. The molecule has 0 radical (unpaired) electrons. The second kappa shape index (κ2) is 11.3. The van der Waals surface area contributed by atoms with E-state index in [1.807, 2.05) is 0 Å². The average molecular weight is 746 g/mol. The molecule has 0 saturated heterocycles. The van der Waals surface area contributed by atoms with Crippen molar-refractivity contribution in [1.82, 2.24) is 0 Å². The summed E-state index contributed by atoms with van der Waals surface area (Å²) in [7, 11) is 0. The molecule has 0 amide bonds. The van der Waals surface area contributed by atoms with E-state index in [1.54, 1.807) is 17.6 Å². The maximum atomic E-state index is 2.62. The number of benzene rings is 7. The van der Waals surface area contributed by atoms with Crippen LogP contribution in [0.3, 0.4) is 0 Å². The molecule has 3 aliphatic heterocycles. The van der Waals surface area contributed by atoms with Gasteiger partial charge in [-0.25, -0.2) is 0 Å². The molecule has 53 heavy (non-hydrogen) atoms. The Morgan fingerprint density at radius 1 is 0.340 bits per heavy atom. The van der Waals surface area contributed by atoms with Gasteiger partial charge in [0.1, 0.15) is 0 Å². The van der Waals surface area contributed by atoms with Crippen LogP contribution in [0.25, 0.3) is 22.3 Å². The van der Waals surface area contributed by atoms with Crippen LogP contribution in [-0.2, 0) is 10.8 Å². The molecule has 7 aromatic carbocycles. The monoisotopic (exact) mass is 746 g/mol. The zero-order valence-corrected chi connectivity index (χ0v) is 33.5. The zero-order valence-electron chi connectivity index (χ0n) is 31.4. The minimum absolute atomic E-state index is 0.0401. The number of para-hydroxylation sites is 5. The van der Waals surface area contributed by atoms with Crippen molar-refractivity contribution in [2.75, 3.05) is 9.80 Å². The Morgan fingerprint density at radius 2 is 0.736 bits per heavy atom. The summed E-state index contributed by atoms with van der Waals surface area (Å²) in [5, 5.41) is 0. The van der Waals surface area contributed by atoms with Crippen molar-refractivity contribution >= 4 is 65.0 Å². The van der Waals surface area contributed by atoms with Gasteiger partial charge < -0.3 is 0 Å². The number of anilines is 6. The first-order valence-corrected chi connectivity index (χ1v) is 23.1. The average Bonchev–Trinajstić information content (AvgIpc) is 3.62. The van der Waals surface area contributed by atoms with E-state index in [2.05, 4.69) is 209 Å². The summed E-state index contributed by atoms with van der Waals surface area (Å²) in [4.78, 5) is 4.92. The summed E-state index contributed by atoms with van der Waals surface area (Å²) in [6, 6.07) is 60.3. The molecular formula is C50H44GeN2. The Morgan fingerprint density at radius 3 is 1.25 bits per heavy atom. The third-order valence-corrected chi connectivity index (χ3v) is 22.2. The van der Waals surface area contributed by atoms with Crippen LogP contribution in [0, 0.1) is 0 Å². The second-order valence-corrected chi connectivity index (χ2v) is 24.7. The Hall–Kier alpha value is -5.32. The van der Waals surface area contributed by atoms with Crippen molar-refractivity contribution in [3.63, 3.8) is 0 Å². The number of hydrogen-bond donors (Lipinski definition) is 0. The van der Waals surface area contributed by atoms with Crippen LogP contribution < -0.4 is 27.4 Å². The predicted octanol–water partition coefficient (Wildman–Crippen LogP) is 10.9. The topological polar surface area (TPSA) is 6.48 Å². The van der Waals surface area contributed by atoms with Gasteiger partial charge in [0.15, 0.2) is 0 Å². The van der Waals surface area contributed by atoms with Gasteiger partial charge in [0.2, 0.25) is 0 Å². The summed E-state index contributed by atoms with van der Waals surface area (Å²) in [5.41, 5.74) is 15.7. The molecule has 0 aromatic heterocycles. The van der Waals surface area contributed by atoms with E-state index < -0.39 is 13.3 Å². The van der Waals surface area contributed by atoms with E-state index in [-0.39, 0.29) is 10.8 Å². The van der Waals surface area contributed by atoms with E-state index in [1.165, 1.54) is 61.8 Å². The fraction of sp³-hybridized carbons (Fsp3) is 0.160. The van der Waals surface area contributed by atoms with Gasteiger partial charge in [-0.05, 0) is 0 Å². The molecule has 0 bridgehead atoms. The van der Waals surface area contributed by atoms with Crippen molar-refractivity contribution in [3.05, 3.63) is 169 Å². The van der Waals surface area contributed by atoms with Crippen LogP contribution in [-0.4, -0.2) is 13.3 Å². The van der Waals surface area contributed by atoms with Crippen molar-refractivity contribution in [3.8, 4) is 22.3 Å². The van der Waals surface area contributed by atoms with Gasteiger partial charge in [0.05, 0.1) is 0 Å². The van der Waals surface area contributed by atoms with Crippen LogP contribution >= 0.6 is 0 Å². The molecule has 0 atom stereocenters. The van der Waals surface area contributed by atoms with E-state index >= 15 is 0 Å². The third kappa shape index (κ3) is 4.58. The Balaban J connectivity index is 1.28. The number of fused-ring (bicyclic) bond motifs is 12. The molecule has 0 unspecified atom stereocenters. The Kier molecular flexibility index (Phi) is 6.92. The fourth-order valence-corrected chi connectivity index (χ4v) is 21.2. The molecule has 2 nitrogen and oxygen atoms in total. The quantitative estimate of drug-likeness (QED) is 0.163. The third-order valence-electron chi connectivity index (χ3n) is 11.9. The van der Waals surface area contributed by atoms with E-state index in [9.17, 15) is 0 Å². The van der Waals surface area contributed by atoms with Gasteiger partial charge in [-0.15, -0.1) is 0 Å². The molecule has 3 heterocycles. The predicted molar refractivity (Wildman–Crippen MR) is 228 cm³/mol. The van der Waals surface area contributed by atoms with Crippen molar-refractivity contribution < 1.29 is 0 Å². The summed E-state index contributed by atoms with van der Waals surface area (Å²) >= 11 is -3.56. The first-order chi connectivity index (χ1) is 25.6. The summed E-state index contributed by atoms with van der Waals surface area (Å²) in [6.07, 6.45) is 0. The van der Waals surface area contributed by atoms with Gasteiger partial charge in [-0.2, -0.15) is 0 Å². The van der Waals surface area contributed by atoms with E-state index in [4.69, 9.17) is 0 Å².